The van der Waals surface area contributed by atoms with Gasteiger partial charge < -0.3 is 19.3 Å². The molecule has 0 radical (unpaired) electrons. The highest BCUT2D eigenvalue weighted by Crippen LogP contribution is 2.46. The van der Waals surface area contributed by atoms with Gasteiger partial charge in [-0.3, -0.25) is 0 Å². The van der Waals surface area contributed by atoms with Gasteiger partial charge in [-0.1, -0.05) is 39.0 Å². The first-order valence-corrected chi connectivity index (χ1v) is 11.6. The van der Waals surface area contributed by atoms with Crippen LogP contribution in [0.25, 0.3) is 5.69 Å². The van der Waals surface area contributed by atoms with Gasteiger partial charge in [-0.15, -0.1) is 0 Å². The van der Waals surface area contributed by atoms with Crippen molar-refractivity contribution in [2.45, 2.75) is 39.2 Å². The first-order valence-electron chi connectivity index (χ1n) is 10.8. The summed E-state index contributed by atoms with van der Waals surface area (Å²) in [7, 11) is 0. The molecule has 2 heterocycles. The minimum atomic E-state index is -0.900. The standard InChI is InChI=1S/C26H26BrN3O3/c1-26(2,3)24-20(13-14-29(24)25(31)32)21-16-30(22(15-28)23(21)27)17-9-11-19(12-10-17)33-18-7-5-4-6-8-18/h4-12,16,20,24H,13-14H2,1-3H3,(H,31,32)/t20?,24-/m0/s1. The fourth-order valence-electron chi connectivity index (χ4n) is 4.77. The third-order valence-corrected chi connectivity index (χ3v) is 6.93. The molecule has 0 spiro atoms. The van der Waals surface area contributed by atoms with E-state index in [1.807, 2.05) is 65.4 Å². The molecule has 2 aromatic carbocycles. The third kappa shape index (κ3) is 4.49. The largest absolute Gasteiger partial charge is 0.465 e. The minimum absolute atomic E-state index is 0.00971. The maximum absolute atomic E-state index is 11.9. The highest BCUT2D eigenvalue weighted by Gasteiger charge is 2.45. The van der Waals surface area contributed by atoms with Gasteiger partial charge in [0.25, 0.3) is 0 Å². The summed E-state index contributed by atoms with van der Waals surface area (Å²) in [5, 5.41) is 19.6. The molecular formula is C26H26BrN3O3. The second kappa shape index (κ2) is 8.95. The number of hydrogen-bond acceptors (Lipinski definition) is 3. The topological polar surface area (TPSA) is 78.5 Å². The van der Waals surface area contributed by atoms with E-state index in [2.05, 4.69) is 42.8 Å². The van der Waals surface area contributed by atoms with Gasteiger partial charge in [0, 0.05) is 30.4 Å². The number of nitrogens with zero attached hydrogens (tertiary/aromatic N) is 3. The second-order valence-electron chi connectivity index (χ2n) is 9.32. The summed E-state index contributed by atoms with van der Waals surface area (Å²) in [5.41, 5.74) is 2.03. The first-order chi connectivity index (χ1) is 15.7. The molecule has 1 N–H and O–H groups in total. The number of carbonyl (C=O) groups is 1. The van der Waals surface area contributed by atoms with Crippen LogP contribution < -0.4 is 4.74 Å². The average Bonchev–Trinajstić information content (AvgIpc) is 3.36. The van der Waals surface area contributed by atoms with Crippen molar-refractivity contribution < 1.29 is 14.6 Å². The van der Waals surface area contributed by atoms with Crippen molar-refractivity contribution in [2.24, 2.45) is 5.41 Å². The molecule has 0 aliphatic carbocycles. The zero-order valence-electron chi connectivity index (χ0n) is 18.8. The summed E-state index contributed by atoms with van der Waals surface area (Å²) in [4.78, 5) is 13.4. The average molecular weight is 508 g/mol. The van der Waals surface area contributed by atoms with Crippen LogP contribution in [0.5, 0.6) is 11.5 Å². The normalized spacial score (nSPS) is 18.2. The van der Waals surface area contributed by atoms with E-state index in [-0.39, 0.29) is 17.4 Å². The van der Waals surface area contributed by atoms with Crippen molar-refractivity contribution in [3.8, 4) is 23.3 Å². The van der Waals surface area contributed by atoms with Crippen LogP contribution in [0, 0.1) is 16.7 Å². The van der Waals surface area contributed by atoms with E-state index in [4.69, 9.17) is 4.74 Å². The Bertz CT molecular complexity index is 1190. The van der Waals surface area contributed by atoms with Gasteiger partial charge in [-0.2, -0.15) is 5.26 Å². The van der Waals surface area contributed by atoms with Crippen molar-refractivity contribution in [2.75, 3.05) is 6.54 Å². The lowest BCUT2D eigenvalue weighted by Crippen LogP contribution is -2.44. The summed E-state index contributed by atoms with van der Waals surface area (Å²) in [6.45, 7) is 6.67. The highest BCUT2D eigenvalue weighted by atomic mass is 79.9. The van der Waals surface area contributed by atoms with Crippen LogP contribution in [0.15, 0.2) is 65.3 Å². The lowest BCUT2D eigenvalue weighted by molar-refractivity contribution is 0.101. The lowest BCUT2D eigenvalue weighted by atomic mass is 9.77. The van der Waals surface area contributed by atoms with Crippen LogP contribution in [0.1, 0.15) is 44.4 Å². The molecule has 1 saturated heterocycles. The van der Waals surface area contributed by atoms with Crippen LogP contribution in [-0.2, 0) is 0 Å². The van der Waals surface area contributed by atoms with Gasteiger partial charge in [-0.25, -0.2) is 4.79 Å². The minimum Gasteiger partial charge on any atom is -0.465 e. The number of carboxylic acid groups (broad SMARTS) is 1. The predicted octanol–water partition coefficient (Wildman–Crippen LogP) is 6.79. The summed E-state index contributed by atoms with van der Waals surface area (Å²) in [6.07, 6.45) is 1.78. The Balaban J connectivity index is 1.68. The highest BCUT2D eigenvalue weighted by molar-refractivity contribution is 9.10. The van der Waals surface area contributed by atoms with Crippen LogP contribution in [0.3, 0.4) is 0 Å². The number of benzene rings is 2. The van der Waals surface area contributed by atoms with E-state index in [0.717, 1.165) is 21.5 Å². The number of nitriles is 1. The Hall–Kier alpha value is -3.24. The van der Waals surface area contributed by atoms with Crippen LogP contribution >= 0.6 is 15.9 Å². The molecule has 0 bridgehead atoms. The summed E-state index contributed by atoms with van der Waals surface area (Å²) >= 11 is 3.65. The van der Waals surface area contributed by atoms with Crippen molar-refractivity contribution in [1.82, 2.24) is 9.47 Å². The number of aromatic nitrogens is 1. The van der Waals surface area contributed by atoms with E-state index in [1.54, 1.807) is 0 Å². The van der Waals surface area contributed by atoms with Crippen LogP contribution in [0.2, 0.25) is 0 Å². The molecule has 1 fully saturated rings. The maximum Gasteiger partial charge on any atom is 0.407 e. The smallest absolute Gasteiger partial charge is 0.407 e. The van der Waals surface area contributed by atoms with Gasteiger partial charge in [-0.05, 0) is 69.7 Å². The molecular weight excluding hydrogens is 482 g/mol. The van der Waals surface area contributed by atoms with Crippen molar-refractivity contribution in [3.05, 3.63) is 76.5 Å². The zero-order chi connectivity index (χ0) is 23.8. The molecule has 7 heteroatoms. The number of para-hydroxylation sites is 1. The van der Waals surface area contributed by atoms with Gasteiger partial charge in [0.2, 0.25) is 0 Å². The zero-order valence-corrected chi connectivity index (χ0v) is 20.4. The molecule has 1 aromatic heterocycles. The number of halogens is 1. The van der Waals surface area contributed by atoms with E-state index in [0.29, 0.717) is 24.4 Å². The number of rotatable bonds is 4. The summed E-state index contributed by atoms with van der Waals surface area (Å²) in [5.74, 6) is 1.45. The third-order valence-electron chi connectivity index (χ3n) is 6.10. The van der Waals surface area contributed by atoms with Crippen molar-refractivity contribution >= 4 is 22.0 Å². The SMILES string of the molecule is CC(C)(C)[C@@H]1C(c2cn(-c3ccc(Oc4ccccc4)cc3)c(C#N)c2Br)CCN1C(=O)O. The van der Waals surface area contributed by atoms with Gasteiger partial charge in [0.15, 0.2) is 0 Å². The number of hydrogen-bond donors (Lipinski definition) is 1. The van der Waals surface area contributed by atoms with Gasteiger partial charge in [0.1, 0.15) is 23.3 Å². The molecule has 0 saturated carbocycles. The van der Waals surface area contributed by atoms with E-state index in [1.165, 1.54) is 4.90 Å². The number of ether oxygens (including phenoxy) is 1. The predicted molar refractivity (Wildman–Crippen MR) is 130 cm³/mol. The molecule has 170 valence electrons. The van der Waals surface area contributed by atoms with Crippen molar-refractivity contribution in [3.63, 3.8) is 0 Å². The fourth-order valence-corrected chi connectivity index (χ4v) is 5.45. The van der Waals surface area contributed by atoms with E-state index in [9.17, 15) is 15.2 Å². The fraction of sp³-hybridized carbons (Fsp3) is 0.308. The van der Waals surface area contributed by atoms with Gasteiger partial charge in [0.05, 0.1) is 4.47 Å². The Labute approximate surface area is 202 Å². The molecule has 1 amide bonds. The Morgan fingerprint density at radius 3 is 2.33 bits per heavy atom. The molecule has 3 aromatic rings. The molecule has 1 unspecified atom stereocenters. The van der Waals surface area contributed by atoms with Crippen LogP contribution in [-0.4, -0.2) is 33.3 Å². The lowest BCUT2D eigenvalue weighted by Gasteiger charge is -2.37. The quantitative estimate of drug-likeness (QED) is 0.421. The summed E-state index contributed by atoms with van der Waals surface area (Å²) < 4.78 is 8.46. The van der Waals surface area contributed by atoms with Gasteiger partial charge >= 0.3 is 6.09 Å². The molecule has 4 rings (SSSR count). The Kier molecular flexibility index (Phi) is 6.22. The van der Waals surface area contributed by atoms with Crippen molar-refractivity contribution in [1.29, 1.82) is 5.26 Å². The van der Waals surface area contributed by atoms with E-state index >= 15 is 0 Å². The molecule has 6 nitrogen and oxygen atoms in total. The number of amides is 1. The Morgan fingerprint density at radius 1 is 1.12 bits per heavy atom. The number of likely N-dealkylation sites (tertiary alicyclic amines) is 1. The first kappa shape index (κ1) is 22.9. The molecule has 1 aliphatic rings. The maximum atomic E-state index is 11.9. The van der Waals surface area contributed by atoms with Crippen LogP contribution in [0.4, 0.5) is 4.79 Å². The second-order valence-corrected chi connectivity index (χ2v) is 10.1. The monoisotopic (exact) mass is 507 g/mol. The summed E-state index contributed by atoms with van der Waals surface area (Å²) in [6, 6.07) is 19.2. The molecule has 2 atom stereocenters. The molecule has 1 aliphatic heterocycles. The Morgan fingerprint density at radius 2 is 1.76 bits per heavy atom. The van der Waals surface area contributed by atoms with E-state index < -0.39 is 6.09 Å². The molecule has 33 heavy (non-hydrogen) atoms.